The smallest absolute Gasteiger partial charge is 0.335 e. The summed E-state index contributed by atoms with van der Waals surface area (Å²) in [5.74, 6) is -0.663. The average Bonchev–Trinajstić information content (AvgIpc) is 3.33. The minimum Gasteiger partial charge on any atom is -0.478 e. The molecular weight excluding hydrogens is 494 g/mol. The lowest BCUT2D eigenvalue weighted by molar-refractivity contribution is -0.384. The number of rotatable bonds is 5. The van der Waals surface area contributed by atoms with Crippen molar-refractivity contribution in [3.63, 3.8) is 0 Å². The van der Waals surface area contributed by atoms with Gasteiger partial charge in [0.1, 0.15) is 11.5 Å². The number of amides is 1. The first kappa shape index (κ1) is 23.6. The summed E-state index contributed by atoms with van der Waals surface area (Å²) >= 11 is 3.32. The molecule has 0 saturated carbocycles. The van der Waals surface area contributed by atoms with Crippen LogP contribution in [-0.2, 0) is 4.79 Å². The maximum atomic E-state index is 12.9. The number of carbonyl (C=O) groups is 2. The van der Waals surface area contributed by atoms with Crippen molar-refractivity contribution in [3.8, 4) is 11.3 Å². The van der Waals surface area contributed by atoms with E-state index in [-0.39, 0.29) is 18.7 Å². The summed E-state index contributed by atoms with van der Waals surface area (Å²) in [5.41, 5.74) is 1.71. The van der Waals surface area contributed by atoms with Crippen LogP contribution in [0.25, 0.3) is 17.4 Å². The van der Waals surface area contributed by atoms with Crippen LogP contribution in [0, 0.1) is 10.1 Å². The molecule has 1 aliphatic heterocycles. The normalized spacial score (nSPS) is 14.2. The zero-order chi connectivity index (χ0) is 23.0. The van der Waals surface area contributed by atoms with Crippen LogP contribution < -0.4 is 5.01 Å². The SMILES string of the molecule is C.CC1=NN(c2cccc(C(=O)O)c2)C(=O)/C1=C\c1ccc(-c2ccc([N+](=O)[O-])cc2Br)o1. The van der Waals surface area contributed by atoms with Crippen molar-refractivity contribution >= 4 is 51.0 Å². The molecule has 168 valence electrons. The van der Waals surface area contributed by atoms with E-state index in [1.165, 1.54) is 24.3 Å². The summed E-state index contributed by atoms with van der Waals surface area (Å²) in [6, 6.07) is 13.6. The fourth-order valence-corrected chi connectivity index (χ4v) is 3.73. The van der Waals surface area contributed by atoms with Gasteiger partial charge in [-0.05, 0) is 65.3 Å². The van der Waals surface area contributed by atoms with Gasteiger partial charge >= 0.3 is 5.97 Å². The molecule has 10 heteroatoms. The number of nitrogens with zero attached hydrogens (tertiary/aromatic N) is 3. The van der Waals surface area contributed by atoms with E-state index in [4.69, 9.17) is 4.42 Å². The number of hydrogen-bond donors (Lipinski definition) is 1. The number of hydrazone groups is 1. The van der Waals surface area contributed by atoms with Crippen molar-refractivity contribution in [2.75, 3.05) is 5.01 Å². The monoisotopic (exact) mass is 511 g/mol. The van der Waals surface area contributed by atoms with Gasteiger partial charge in [0, 0.05) is 22.2 Å². The second-order valence-corrected chi connectivity index (χ2v) is 7.69. The van der Waals surface area contributed by atoms with Crippen molar-refractivity contribution in [3.05, 3.63) is 86.1 Å². The largest absolute Gasteiger partial charge is 0.478 e. The van der Waals surface area contributed by atoms with Gasteiger partial charge in [0.05, 0.1) is 27.5 Å². The van der Waals surface area contributed by atoms with Crippen LogP contribution in [0.4, 0.5) is 11.4 Å². The highest BCUT2D eigenvalue weighted by Gasteiger charge is 2.29. The van der Waals surface area contributed by atoms with E-state index in [0.29, 0.717) is 38.5 Å². The van der Waals surface area contributed by atoms with E-state index >= 15 is 0 Å². The molecule has 0 fully saturated rings. The van der Waals surface area contributed by atoms with Crippen LogP contribution in [0.2, 0.25) is 0 Å². The van der Waals surface area contributed by atoms with Crippen molar-refractivity contribution in [2.24, 2.45) is 5.10 Å². The molecule has 0 unspecified atom stereocenters. The third kappa shape index (κ3) is 4.60. The van der Waals surface area contributed by atoms with E-state index in [2.05, 4.69) is 21.0 Å². The van der Waals surface area contributed by atoms with Gasteiger partial charge in [-0.1, -0.05) is 13.5 Å². The second-order valence-electron chi connectivity index (χ2n) is 6.84. The van der Waals surface area contributed by atoms with Crippen LogP contribution in [0.1, 0.15) is 30.5 Å². The third-order valence-corrected chi connectivity index (χ3v) is 5.40. The maximum Gasteiger partial charge on any atom is 0.335 e. The number of nitro benzene ring substituents is 1. The van der Waals surface area contributed by atoms with Crippen LogP contribution in [-0.4, -0.2) is 27.6 Å². The molecule has 0 saturated heterocycles. The molecule has 0 bridgehead atoms. The zero-order valence-corrected chi connectivity index (χ0v) is 18.1. The summed E-state index contributed by atoms with van der Waals surface area (Å²) in [6.45, 7) is 1.67. The molecule has 2 heterocycles. The summed E-state index contributed by atoms with van der Waals surface area (Å²) in [6.07, 6.45) is 1.55. The van der Waals surface area contributed by atoms with Gasteiger partial charge in [-0.15, -0.1) is 0 Å². The topological polar surface area (TPSA) is 126 Å². The molecule has 0 spiro atoms. The number of nitro groups is 1. The molecule has 0 atom stereocenters. The fourth-order valence-electron chi connectivity index (χ4n) is 3.16. The number of carboxylic acid groups (broad SMARTS) is 1. The van der Waals surface area contributed by atoms with E-state index in [1.807, 2.05) is 0 Å². The Morgan fingerprint density at radius 1 is 1.21 bits per heavy atom. The van der Waals surface area contributed by atoms with Crippen LogP contribution in [0.5, 0.6) is 0 Å². The first-order valence-electron chi connectivity index (χ1n) is 9.24. The summed E-state index contributed by atoms with van der Waals surface area (Å²) in [4.78, 5) is 34.6. The van der Waals surface area contributed by atoms with E-state index in [0.717, 1.165) is 5.01 Å². The molecule has 0 aliphatic carbocycles. The maximum absolute atomic E-state index is 12.9. The summed E-state index contributed by atoms with van der Waals surface area (Å²) in [5, 5.41) is 25.5. The van der Waals surface area contributed by atoms with Gasteiger partial charge in [-0.25, -0.2) is 4.79 Å². The number of benzene rings is 2. The highest BCUT2D eigenvalue weighted by molar-refractivity contribution is 9.10. The van der Waals surface area contributed by atoms with Crippen LogP contribution in [0.15, 0.2) is 74.2 Å². The van der Waals surface area contributed by atoms with E-state index in [1.54, 1.807) is 43.3 Å². The molecule has 0 radical (unpaired) electrons. The van der Waals surface area contributed by atoms with Crippen molar-refractivity contribution < 1.29 is 24.0 Å². The minimum atomic E-state index is -1.10. The van der Waals surface area contributed by atoms with Gasteiger partial charge in [-0.2, -0.15) is 10.1 Å². The Bertz CT molecular complexity index is 1340. The van der Waals surface area contributed by atoms with Crippen molar-refractivity contribution in [1.29, 1.82) is 0 Å². The molecule has 4 rings (SSSR count). The predicted octanol–water partition coefficient (Wildman–Crippen LogP) is 5.76. The molecule has 1 aromatic heterocycles. The Hall–Kier alpha value is -4.05. The summed E-state index contributed by atoms with van der Waals surface area (Å²) < 4.78 is 6.32. The Balaban J connectivity index is 0.00000306. The standard InChI is InChI=1S/C22H14BrN3O6.CH4/c1-12-18(21(27)25(24-12)14-4-2-3-13(9-14)22(28)29)11-16-6-8-20(32-16)17-7-5-15(26(30)31)10-19(17)23;/h2-11H,1H3,(H,28,29);1H4/b18-11-;. The van der Waals surface area contributed by atoms with Gasteiger partial charge in [0.2, 0.25) is 0 Å². The Morgan fingerprint density at radius 2 is 1.97 bits per heavy atom. The van der Waals surface area contributed by atoms with E-state index in [9.17, 15) is 24.8 Å². The number of non-ortho nitro benzene ring substituents is 1. The third-order valence-electron chi connectivity index (χ3n) is 4.74. The Kier molecular flexibility index (Phi) is 6.59. The quantitative estimate of drug-likeness (QED) is 0.263. The molecule has 9 nitrogen and oxygen atoms in total. The average molecular weight is 512 g/mol. The number of carboxylic acids is 1. The molecule has 1 amide bonds. The lowest BCUT2D eigenvalue weighted by Gasteiger charge is -2.12. The molecule has 3 aromatic rings. The van der Waals surface area contributed by atoms with Crippen LogP contribution in [0.3, 0.4) is 0 Å². The zero-order valence-electron chi connectivity index (χ0n) is 16.5. The minimum absolute atomic E-state index is 0. The predicted molar refractivity (Wildman–Crippen MR) is 127 cm³/mol. The number of carbonyl (C=O) groups excluding carboxylic acids is 1. The molecular formula is C23H18BrN3O6. The number of anilines is 1. The van der Waals surface area contributed by atoms with Crippen molar-refractivity contribution in [1.82, 2.24) is 0 Å². The summed E-state index contributed by atoms with van der Waals surface area (Å²) in [7, 11) is 0. The first-order valence-corrected chi connectivity index (χ1v) is 10.0. The Morgan fingerprint density at radius 3 is 2.64 bits per heavy atom. The lowest BCUT2D eigenvalue weighted by atomic mass is 10.1. The highest BCUT2D eigenvalue weighted by Crippen LogP contribution is 2.33. The van der Waals surface area contributed by atoms with Gasteiger partial charge < -0.3 is 9.52 Å². The number of hydrogen-bond acceptors (Lipinski definition) is 6. The van der Waals surface area contributed by atoms with Crippen molar-refractivity contribution in [2.45, 2.75) is 14.4 Å². The lowest BCUT2D eigenvalue weighted by Crippen LogP contribution is -2.21. The fraction of sp³-hybridized carbons (Fsp3) is 0.0870. The Labute approximate surface area is 196 Å². The number of aromatic carboxylic acids is 1. The van der Waals surface area contributed by atoms with Crippen LogP contribution >= 0.6 is 15.9 Å². The number of halogens is 1. The van der Waals surface area contributed by atoms with Gasteiger partial charge in [0.25, 0.3) is 11.6 Å². The molecule has 1 N–H and O–H groups in total. The van der Waals surface area contributed by atoms with Gasteiger partial charge in [-0.3, -0.25) is 14.9 Å². The first-order chi connectivity index (χ1) is 15.2. The van der Waals surface area contributed by atoms with E-state index < -0.39 is 16.8 Å². The van der Waals surface area contributed by atoms with Gasteiger partial charge in [0.15, 0.2) is 0 Å². The highest BCUT2D eigenvalue weighted by atomic mass is 79.9. The second kappa shape index (κ2) is 9.21. The number of furan rings is 1. The molecule has 33 heavy (non-hydrogen) atoms. The molecule has 2 aromatic carbocycles. The molecule has 1 aliphatic rings.